The van der Waals surface area contributed by atoms with Gasteiger partial charge in [0.15, 0.2) is 5.69 Å². The largest absolute Gasteiger partial charge is 0.370 e. The summed E-state index contributed by atoms with van der Waals surface area (Å²) in [5, 5.41) is 21.1. The van der Waals surface area contributed by atoms with Gasteiger partial charge in [0.1, 0.15) is 6.07 Å². The average molecular weight is 590 g/mol. The monoisotopic (exact) mass is 589 g/mol. The molecule has 2 aromatic carbocycles. The third kappa shape index (κ3) is 5.63. The number of rotatable bonds is 7. The molecule has 2 aliphatic rings. The Hall–Kier alpha value is -4.75. The van der Waals surface area contributed by atoms with Gasteiger partial charge >= 0.3 is 0 Å². The van der Waals surface area contributed by atoms with Crippen molar-refractivity contribution >= 4 is 28.9 Å². The maximum absolute atomic E-state index is 13.6. The van der Waals surface area contributed by atoms with Crippen LogP contribution >= 0.6 is 0 Å². The van der Waals surface area contributed by atoms with E-state index in [0.717, 1.165) is 90.5 Å². The first-order chi connectivity index (χ1) is 21.4. The van der Waals surface area contributed by atoms with E-state index < -0.39 is 0 Å². The van der Waals surface area contributed by atoms with E-state index in [1.165, 1.54) is 0 Å². The predicted molar refractivity (Wildman–Crippen MR) is 174 cm³/mol. The van der Waals surface area contributed by atoms with Crippen LogP contribution in [0, 0.1) is 11.3 Å². The summed E-state index contributed by atoms with van der Waals surface area (Å²) in [7, 11) is 4.00. The van der Waals surface area contributed by atoms with Crippen molar-refractivity contribution < 1.29 is 4.79 Å². The minimum Gasteiger partial charge on any atom is -0.370 e. The maximum atomic E-state index is 13.6. The highest BCUT2D eigenvalue weighted by molar-refractivity contribution is 6.06. The number of carbonyl (C=O) groups excluding carboxylic acids is 1. The molecule has 0 saturated carbocycles. The number of benzene rings is 2. The van der Waals surface area contributed by atoms with Crippen LogP contribution in [0.4, 0.5) is 23.0 Å². The first-order valence-corrected chi connectivity index (χ1v) is 15.5. The van der Waals surface area contributed by atoms with Crippen molar-refractivity contribution in [3.63, 3.8) is 0 Å². The third-order valence-corrected chi connectivity index (χ3v) is 8.79. The average Bonchev–Trinajstić information content (AvgIpc) is 3.24. The van der Waals surface area contributed by atoms with Crippen LogP contribution < -0.4 is 15.5 Å². The number of anilines is 4. The molecule has 0 spiro atoms. The van der Waals surface area contributed by atoms with Gasteiger partial charge in [0.2, 0.25) is 5.95 Å². The van der Waals surface area contributed by atoms with E-state index in [0.29, 0.717) is 35.7 Å². The minimum atomic E-state index is -0.205. The summed E-state index contributed by atoms with van der Waals surface area (Å²) in [6, 6.07) is 14.4. The molecule has 4 aromatic rings. The lowest BCUT2D eigenvalue weighted by Crippen LogP contribution is -2.28. The normalized spacial score (nSPS) is 14.8. The molecule has 0 atom stereocenters. The number of likely N-dealkylation sites (N-methyl/N-ethyl adjacent to an activating group) is 1. The Kier molecular flexibility index (Phi) is 8.31. The number of para-hydroxylation sites is 1. The first kappa shape index (κ1) is 29.3. The van der Waals surface area contributed by atoms with Crippen molar-refractivity contribution in [3.8, 4) is 17.5 Å². The Bertz CT molecular complexity index is 1730. The van der Waals surface area contributed by atoms with Gasteiger partial charge in [0.05, 0.1) is 22.6 Å². The second-order valence-electron chi connectivity index (χ2n) is 11.6. The van der Waals surface area contributed by atoms with Crippen LogP contribution in [-0.4, -0.2) is 63.8 Å². The van der Waals surface area contributed by atoms with Gasteiger partial charge in [-0.05, 0) is 80.6 Å². The number of aryl methyl sites for hydroxylation is 4. The van der Waals surface area contributed by atoms with Crippen LogP contribution in [0.2, 0.25) is 0 Å². The summed E-state index contributed by atoms with van der Waals surface area (Å²) in [6.45, 7) is 8.16. The molecule has 0 bridgehead atoms. The molecule has 1 saturated heterocycles. The van der Waals surface area contributed by atoms with Crippen molar-refractivity contribution in [3.05, 3.63) is 76.1 Å². The summed E-state index contributed by atoms with van der Waals surface area (Å²) in [5.41, 5.74) is 9.25. The highest BCUT2D eigenvalue weighted by Crippen LogP contribution is 2.35. The highest BCUT2D eigenvalue weighted by atomic mass is 16.2. The lowest BCUT2D eigenvalue weighted by atomic mass is 9.93. The number of amides is 1. The molecule has 10 nitrogen and oxygen atoms in total. The number of aromatic nitrogens is 4. The predicted octanol–water partition coefficient (Wildman–Crippen LogP) is 5.11. The first-order valence-electron chi connectivity index (χ1n) is 15.5. The van der Waals surface area contributed by atoms with Crippen LogP contribution in [-0.2, 0) is 32.7 Å². The summed E-state index contributed by atoms with van der Waals surface area (Å²) in [6.07, 6.45) is 5.97. The molecule has 10 heteroatoms. The minimum absolute atomic E-state index is 0.205. The van der Waals surface area contributed by atoms with E-state index in [2.05, 4.69) is 75.7 Å². The second kappa shape index (κ2) is 12.5. The molecule has 1 fully saturated rings. The standard InChI is InChI=1S/C34H39N9O/c1-5-22-9-7-10-23(6-2)29(22)38-33(44)31-27-13-11-24-21-36-34(39-30(24)32(27)42(4)40-31)37-28-14-12-26(19-25(28)20-35)43-16-8-15-41(3)17-18-43/h7,9-10,12,14,19,21H,5-6,8,11,13,15-18H2,1-4H3,(H,38,44)(H,36,37,39). The maximum Gasteiger partial charge on any atom is 0.276 e. The van der Waals surface area contributed by atoms with Crippen LogP contribution in [0.15, 0.2) is 42.6 Å². The zero-order chi connectivity index (χ0) is 30.8. The van der Waals surface area contributed by atoms with Gasteiger partial charge in [-0.3, -0.25) is 9.48 Å². The Morgan fingerprint density at radius 3 is 2.57 bits per heavy atom. The quantitative estimate of drug-likeness (QED) is 0.306. The number of hydrogen-bond donors (Lipinski definition) is 2. The van der Waals surface area contributed by atoms with Crippen molar-refractivity contribution in [1.82, 2.24) is 24.6 Å². The van der Waals surface area contributed by atoms with E-state index >= 15 is 0 Å². The topological polar surface area (TPSA) is 115 Å². The van der Waals surface area contributed by atoms with Gasteiger partial charge < -0.3 is 20.4 Å². The van der Waals surface area contributed by atoms with E-state index in [1.54, 1.807) is 4.68 Å². The van der Waals surface area contributed by atoms with Crippen molar-refractivity contribution in [1.29, 1.82) is 5.26 Å². The van der Waals surface area contributed by atoms with Gasteiger partial charge in [-0.15, -0.1) is 0 Å². The Balaban J connectivity index is 1.27. The third-order valence-electron chi connectivity index (χ3n) is 8.79. The molecular formula is C34H39N9O. The Labute approximate surface area is 258 Å². The van der Waals surface area contributed by atoms with Crippen molar-refractivity contribution in [2.75, 3.05) is 48.8 Å². The molecule has 0 radical (unpaired) electrons. The Morgan fingerprint density at radius 2 is 1.82 bits per heavy atom. The molecular weight excluding hydrogens is 550 g/mol. The van der Waals surface area contributed by atoms with Gasteiger partial charge in [0.25, 0.3) is 5.91 Å². The molecule has 2 aromatic heterocycles. The number of fused-ring (bicyclic) bond motifs is 3. The number of nitrogens with zero attached hydrogens (tertiary/aromatic N) is 7. The summed E-state index contributed by atoms with van der Waals surface area (Å²) in [5.74, 6) is 0.192. The van der Waals surface area contributed by atoms with E-state index in [1.807, 2.05) is 31.4 Å². The highest BCUT2D eigenvalue weighted by Gasteiger charge is 2.29. The number of nitrogens with one attached hydrogen (secondary N) is 2. The second-order valence-corrected chi connectivity index (χ2v) is 11.6. The van der Waals surface area contributed by atoms with Crippen LogP contribution in [0.3, 0.4) is 0 Å². The lowest BCUT2D eigenvalue weighted by Gasteiger charge is -2.23. The van der Waals surface area contributed by atoms with Crippen molar-refractivity contribution in [2.24, 2.45) is 7.05 Å². The molecule has 3 heterocycles. The summed E-state index contributed by atoms with van der Waals surface area (Å²) in [4.78, 5) is 27.8. The molecule has 2 N–H and O–H groups in total. The van der Waals surface area contributed by atoms with Crippen LogP contribution in [0.5, 0.6) is 0 Å². The lowest BCUT2D eigenvalue weighted by molar-refractivity contribution is 0.102. The van der Waals surface area contributed by atoms with Gasteiger partial charge in [-0.2, -0.15) is 10.4 Å². The van der Waals surface area contributed by atoms with E-state index in [4.69, 9.17) is 4.98 Å². The fourth-order valence-corrected chi connectivity index (χ4v) is 6.33. The molecule has 1 aliphatic carbocycles. The molecule has 1 aliphatic heterocycles. The fourth-order valence-electron chi connectivity index (χ4n) is 6.33. The SMILES string of the molecule is CCc1cccc(CC)c1NC(=O)c1nn(C)c2c1CCc1cnc(Nc3ccc(N4CCCN(C)CC4)cc3C#N)nc1-2. The molecule has 0 unspecified atom stereocenters. The zero-order valence-electron chi connectivity index (χ0n) is 25.9. The van der Waals surface area contributed by atoms with E-state index in [9.17, 15) is 10.1 Å². The van der Waals surface area contributed by atoms with Gasteiger partial charge in [-0.25, -0.2) is 9.97 Å². The number of nitriles is 1. The zero-order valence-corrected chi connectivity index (χ0v) is 25.9. The molecule has 1 amide bonds. The Morgan fingerprint density at radius 1 is 1.02 bits per heavy atom. The van der Waals surface area contributed by atoms with Crippen LogP contribution in [0.1, 0.15) is 58.6 Å². The van der Waals surface area contributed by atoms with Gasteiger partial charge in [-0.1, -0.05) is 32.0 Å². The molecule has 226 valence electrons. The summed E-state index contributed by atoms with van der Waals surface area (Å²) >= 11 is 0. The number of hydrogen-bond acceptors (Lipinski definition) is 8. The van der Waals surface area contributed by atoms with Crippen LogP contribution in [0.25, 0.3) is 11.4 Å². The summed E-state index contributed by atoms with van der Waals surface area (Å²) < 4.78 is 1.75. The van der Waals surface area contributed by atoms with Crippen molar-refractivity contribution in [2.45, 2.75) is 46.0 Å². The fraction of sp³-hybridized carbons (Fsp3) is 0.382. The van der Waals surface area contributed by atoms with E-state index in [-0.39, 0.29) is 5.91 Å². The number of carbonyl (C=O) groups is 1. The molecule has 44 heavy (non-hydrogen) atoms. The smallest absolute Gasteiger partial charge is 0.276 e. The van der Waals surface area contributed by atoms with Gasteiger partial charge in [0, 0.05) is 49.8 Å². The molecule has 6 rings (SSSR count).